The first kappa shape index (κ1) is 16.5. The molecule has 0 saturated heterocycles. The number of sulfonamides is 1. The van der Waals surface area contributed by atoms with Gasteiger partial charge in [0.2, 0.25) is 10.0 Å². The lowest BCUT2D eigenvalue weighted by molar-refractivity contribution is 0.588. The summed E-state index contributed by atoms with van der Waals surface area (Å²) in [5.74, 6) is 0.619. The van der Waals surface area contributed by atoms with E-state index in [9.17, 15) is 8.42 Å². The maximum atomic E-state index is 11.8. The molecule has 0 atom stereocenters. The van der Waals surface area contributed by atoms with E-state index in [1.807, 2.05) is 6.92 Å². The van der Waals surface area contributed by atoms with E-state index in [4.69, 9.17) is 0 Å². The Morgan fingerprint density at radius 3 is 2.50 bits per heavy atom. The van der Waals surface area contributed by atoms with Crippen LogP contribution in [0.2, 0.25) is 0 Å². The van der Waals surface area contributed by atoms with E-state index in [2.05, 4.69) is 25.0 Å². The summed E-state index contributed by atoms with van der Waals surface area (Å²) in [4.78, 5) is 13.8. The van der Waals surface area contributed by atoms with Crippen LogP contribution in [0.3, 0.4) is 0 Å². The number of rotatable bonds is 5. The number of hydrogen-bond donors (Lipinski definition) is 2. The predicted molar refractivity (Wildman–Crippen MR) is 93.8 cm³/mol. The van der Waals surface area contributed by atoms with Crippen LogP contribution in [0.5, 0.6) is 0 Å². The standard InChI is InChI=1S/C15H15N5O2S2/c1-10-14(11-3-5-12(6-4-11)24(21,22)16-2)23-15(19-10)20-13-9-17-7-8-18-13/h3-9,16H,1-2H3,(H,18,19,20). The normalized spacial score (nSPS) is 11.4. The fourth-order valence-electron chi connectivity index (χ4n) is 2.09. The van der Waals surface area contributed by atoms with Gasteiger partial charge in [0.1, 0.15) is 0 Å². The number of aromatic nitrogens is 3. The van der Waals surface area contributed by atoms with Gasteiger partial charge < -0.3 is 5.32 Å². The van der Waals surface area contributed by atoms with Gasteiger partial charge in [0, 0.05) is 12.4 Å². The molecule has 0 spiro atoms. The Labute approximate surface area is 143 Å². The maximum absolute atomic E-state index is 11.8. The quantitative estimate of drug-likeness (QED) is 0.725. The fraction of sp³-hybridized carbons (Fsp3) is 0.133. The predicted octanol–water partition coefficient (Wildman–Crippen LogP) is 2.56. The summed E-state index contributed by atoms with van der Waals surface area (Å²) in [5, 5.41) is 3.81. The Balaban J connectivity index is 1.88. The van der Waals surface area contributed by atoms with Crippen LogP contribution in [0.4, 0.5) is 10.9 Å². The number of nitrogens with one attached hydrogen (secondary N) is 2. The molecule has 1 aromatic carbocycles. The van der Waals surface area contributed by atoms with Crippen molar-refractivity contribution in [3.05, 3.63) is 48.5 Å². The van der Waals surface area contributed by atoms with Gasteiger partial charge in [0.15, 0.2) is 10.9 Å². The highest BCUT2D eigenvalue weighted by atomic mass is 32.2. The Bertz CT molecular complexity index is 938. The first-order valence-corrected chi connectivity index (χ1v) is 9.34. The molecule has 24 heavy (non-hydrogen) atoms. The molecular weight excluding hydrogens is 346 g/mol. The van der Waals surface area contributed by atoms with Crippen LogP contribution in [0.15, 0.2) is 47.8 Å². The number of anilines is 2. The summed E-state index contributed by atoms with van der Waals surface area (Å²) in [6.45, 7) is 1.91. The van der Waals surface area contributed by atoms with Crippen LogP contribution < -0.4 is 10.0 Å². The van der Waals surface area contributed by atoms with Crippen LogP contribution in [0.25, 0.3) is 10.4 Å². The SMILES string of the molecule is CNS(=O)(=O)c1ccc(-c2sc(Nc3cnccn3)nc2C)cc1. The van der Waals surface area contributed by atoms with E-state index in [0.29, 0.717) is 10.9 Å². The highest BCUT2D eigenvalue weighted by molar-refractivity contribution is 7.89. The van der Waals surface area contributed by atoms with Crippen LogP contribution in [0, 0.1) is 6.92 Å². The monoisotopic (exact) mass is 361 g/mol. The van der Waals surface area contributed by atoms with E-state index >= 15 is 0 Å². The van der Waals surface area contributed by atoms with Crippen molar-refractivity contribution < 1.29 is 8.42 Å². The van der Waals surface area contributed by atoms with E-state index in [1.165, 1.54) is 18.4 Å². The summed E-state index contributed by atoms with van der Waals surface area (Å²) < 4.78 is 25.9. The summed E-state index contributed by atoms with van der Waals surface area (Å²) in [6, 6.07) is 6.71. The molecule has 0 bridgehead atoms. The molecule has 0 fully saturated rings. The van der Waals surface area contributed by atoms with Gasteiger partial charge in [-0.05, 0) is 31.7 Å². The second kappa shape index (κ2) is 6.63. The third-order valence-electron chi connectivity index (χ3n) is 3.29. The number of thiazole rings is 1. The first-order chi connectivity index (χ1) is 11.5. The van der Waals surface area contributed by atoms with E-state index in [-0.39, 0.29) is 4.90 Å². The molecule has 2 heterocycles. The lowest BCUT2D eigenvalue weighted by Gasteiger charge is -2.04. The fourth-order valence-corrected chi connectivity index (χ4v) is 3.80. The van der Waals surface area contributed by atoms with Crippen molar-refractivity contribution in [3.63, 3.8) is 0 Å². The molecule has 124 valence electrons. The van der Waals surface area contributed by atoms with Gasteiger partial charge in [-0.25, -0.2) is 23.1 Å². The summed E-state index contributed by atoms with van der Waals surface area (Å²) in [7, 11) is -2.04. The Kier molecular flexibility index (Phi) is 4.56. The lowest BCUT2D eigenvalue weighted by Crippen LogP contribution is -2.18. The second-order valence-corrected chi connectivity index (χ2v) is 7.77. The molecule has 2 N–H and O–H groups in total. The van der Waals surface area contributed by atoms with Crippen LogP contribution >= 0.6 is 11.3 Å². The molecule has 0 aliphatic rings. The van der Waals surface area contributed by atoms with E-state index in [1.54, 1.807) is 42.9 Å². The number of aryl methyl sites for hydroxylation is 1. The first-order valence-electron chi connectivity index (χ1n) is 7.04. The van der Waals surface area contributed by atoms with Crippen molar-refractivity contribution >= 4 is 32.3 Å². The zero-order valence-corrected chi connectivity index (χ0v) is 14.6. The Hall–Kier alpha value is -2.36. The molecule has 0 aliphatic heterocycles. The number of hydrogen-bond acceptors (Lipinski definition) is 7. The molecule has 0 radical (unpaired) electrons. The Morgan fingerprint density at radius 1 is 1.12 bits per heavy atom. The van der Waals surface area contributed by atoms with Gasteiger partial charge in [-0.3, -0.25) is 4.98 Å². The molecule has 9 heteroatoms. The van der Waals surface area contributed by atoms with Crippen LogP contribution in [0.1, 0.15) is 5.69 Å². The van der Waals surface area contributed by atoms with Gasteiger partial charge in [-0.1, -0.05) is 23.5 Å². The van der Waals surface area contributed by atoms with Gasteiger partial charge >= 0.3 is 0 Å². The van der Waals surface area contributed by atoms with E-state index in [0.717, 1.165) is 16.1 Å². The zero-order chi connectivity index (χ0) is 17.2. The lowest BCUT2D eigenvalue weighted by atomic mass is 10.2. The van der Waals surface area contributed by atoms with E-state index < -0.39 is 10.0 Å². The molecular formula is C15H15N5O2S2. The van der Waals surface area contributed by atoms with Gasteiger partial charge in [-0.2, -0.15) is 0 Å². The topological polar surface area (TPSA) is 96.9 Å². The third kappa shape index (κ3) is 3.42. The van der Waals surface area contributed by atoms with Crippen molar-refractivity contribution in [1.29, 1.82) is 0 Å². The number of nitrogens with zero attached hydrogens (tertiary/aromatic N) is 3. The van der Waals surface area contributed by atoms with Gasteiger partial charge in [-0.15, -0.1) is 0 Å². The third-order valence-corrected chi connectivity index (χ3v) is 5.84. The summed E-state index contributed by atoms with van der Waals surface area (Å²) in [5.41, 5.74) is 1.77. The minimum absolute atomic E-state index is 0.230. The highest BCUT2D eigenvalue weighted by Crippen LogP contribution is 2.34. The molecule has 0 amide bonds. The molecule has 2 aromatic heterocycles. The Morgan fingerprint density at radius 2 is 1.88 bits per heavy atom. The zero-order valence-electron chi connectivity index (χ0n) is 13.0. The summed E-state index contributed by atoms with van der Waals surface area (Å²) in [6.07, 6.45) is 4.82. The van der Waals surface area contributed by atoms with Gasteiger partial charge in [0.05, 0.1) is 21.7 Å². The molecule has 3 aromatic rings. The minimum Gasteiger partial charge on any atom is -0.315 e. The molecule has 3 rings (SSSR count). The van der Waals surface area contributed by atoms with Crippen molar-refractivity contribution in [3.8, 4) is 10.4 Å². The van der Waals surface area contributed by atoms with Crippen molar-refractivity contribution in [2.75, 3.05) is 12.4 Å². The highest BCUT2D eigenvalue weighted by Gasteiger charge is 2.14. The largest absolute Gasteiger partial charge is 0.315 e. The van der Waals surface area contributed by atoms with Crippen molar-refractivity contribution in [2.45, 2.75) is 11.8 Å². The molecule has 0 unspecified atom stereocenters. The number of benzene rings is 1. The molecule has 7 nitrogen and oxygen atoms in total. The maximum Gasteiger partial charge on any atom is 0.240 e. The van der Waals surface area contributed by atoms with Crippen LogP contribution in [-0.2, 0) is 10.0 Å². The second-order valence-electron chi connectivity index (χ2n) is 4.88. The van der Waals surface area contributed by atoms with Crippen molar-refractivity contribution in [1.82, 2.24) is 19.7 Å². The molecule has 0 aliphatic carbocycles. The smallest absolute Gasteiger partial charge is 0.240 e. The van der Waals surface area contributed by atoms with Gasteiger partial charge in [0.25, 0.3) is 0 Å². The average Bonchev–Trinajstić information content (AvgIpc) is 2.96. The minimum atomic E-state index is -3.43. The molecule has 0 saturated carbocycles. The average molecular weight is 361 g/mol. The van der Waals surface area contributed by atoms with Crippen molar-refractivity contribution in [2.24, 2.45) is 0 Å². The van der Waals surface area contributed by atoms with Crippen LogP contribution in [-0.4, -0.2) is 30.4 Å². The summed E-state index contributed by atoms with van der Waals surface area (Å²) >= 11 is 1.47.